The molecule has 260 valence electrons. The number of imide groups is 1. The van der Waals surface area contributed by atoms with Crippen LogP contribution in [0.1, 0.15) is 53.1 Å². The minimum atomic E-state index is -2.43. The molecule has 0 spiro atoms. The fourth-order valence-corrected chi connectivity index (χ4v) is 11.6. The van der Waals surface area contributed by atoms with Gasteiger partial charge in [0, 0.05) is 11.5 Å². The Bertz CT molecular complexity index is 2280. The summed E-state index contributed by atoms with van der Waals surface area (Å²) < 4.78 is 6.23. The fraction of sp³-hybridized carbons (Fsp3) is 0.0833. The van der Waals surface area contributed by atoms with Crippen molar-refractivity contribution in [2.24, 2.45) is 0 Å². The number of benzene rings is 7. The highest BCUT2D eigenvalue weighted by Gasteiger charge is 2.48. The van der Waals surface area contributed by atoms with Crippen LogP contribution in [0, 0.1) is 0 Å². The van der Waals surface area contributed by atoms with E-state index in [1.165, 1.54) is 26.4 Å². The summed E-state index contributed by atoms with van der Waals surface area (Å²) in [5, 5.41) is 4.61. The second-order valence-corrected chi connectivity index (χ2v) is 16.9. The minimum absolute atomic E-state index is 0. The number of fused-ring (bicyclic) bond motifs is 1. The molecule has 0 N–H and O–H groups in total. The smallest absolute Gasteiger partial charge is 0.266 e. The maximum atomic E-state index is 14.1. The molecule has 0 radical (unpaired) electrons. The van der Waals surface area contributed by atoms with Gasteiger partial charge >= 0.3 is 0 Å². The number of hydrogen-bond donors (Lipinski definition) is 0. The minimum Gasteiger partial charge on any atom is -0.457 e. The van der Waals surface area contributed by atoms with Crippen molar-refractivity contribution in [2.75, 3.05) is 4.90 Å². The molecular formula is C48H41NO3P+. The first-order chi connectivity index (χ1) is 25.4. The first kappa shape index (κ1) is 35.3. The van der Waals surface area contributed by atoms with Gasteiger partial charge in [0.15, 0.2) is 0 Å². The van der Waals surface area contributed by atoms with E-state index in [1.54, 1.807) is 18.2 Å². The van der Waals surface area contributed by atoms with Gasteiger partial charge in [0.25, 0.3) is 11.8 Å². The highest BCUT2D eigenvalue weighted by atomic mass is 31.2. The Kier molecular flexibility index (Phi) is 9.66. The Morgan fingerprint density at radius 2 is 0.906 bits per heavy atom. The van der Waals surface area contributed by atoms with Crippen LogP contribution in [0.25, 0.3) is 0 Å². The van der Waals surface area contributed by atoms with E-state index in [0.29, 0.717) is 28.3 Å². The lowest BCUT2D eigenvalue weighted by Gasteiger charge is -2.28. The van der Waals surface area contributed by atoms with E-state index >= 15 is 0 Å². The molecule has 7 aromatic rings. The first-order valence-electron chi connectivity index (χ1n) is 17.4. The number of nitrogens with zero attached hydrogens (tertiary/aromatic N) is 1. The Hall–Kier alpha value is -6.09. The number of anilines is 1. The van der Waals surface area contributed by atoms with Crippen LogP contribution in [0.3, 0.4) is 0 Å². The van der Waals surface area contributed by atoms with Gasteiger partial charge in [-0.2, -0.15) is 0 Å². The zero-order valence-electron chi connectivity index (χ0n) is 29.0. The highest BCUT2D eigenvalue weighted by molar-refractivity contribution is 8.01. The Morgan fingerprint density at radius 3 is 1.45 bits per heavy atom. The van der Waals surface area contributed by atoms with Crippen LogP contribution < -0.4 is 30.9 Å². The van der Waals surface area contributed by atoms with Crippen molar-refractivity contribution in [3.8, 4) is 11.5 Å². The van der Waals surface area contributed by atoms with Gasteiger partial charge in [0.1, 0.15) is 40.0 Å². The molecule has 4 nitrogen and oxygen atoms in total. The lowest BCUT2D eigenvalue weighted by molar-refractivity contribution is 0.0926. The van der Waals surface area contributed by atoms with Crippen LogP contribution in [-0.4, -0.2) is 11.8 Å². The second-order valence-electron chi connectivity index (χ2n) is 13.5. The average molecular weight is 711 g/mol. The third-order valence-electron chi connectivity index (χ3n) is 10.1. The molecule has 0 aliphatic carbocycles. The van der Waals surface area contributed by atoms with E-state index in [-0.39, 0.29) is 24.7 Å². The summed E-state index contributed by atoms with van der Waals surface area (Å²) in [4.78, 5) is 29.4. The lowest BCUT2D eigenvalue weighted by Crippen LogP contribution is -2.39. The zero-order valence-corrected chi connectivity index (χ0v) is 29.9. The summed E-state index contributed by atoms with van der Waals surface area (Å²) in [6.07, 6.45) is 0. The van der Waals surface area contributed by atoms with E-state index in [9.17, 15) is 9.59 Å². The molecule has 1 heterocycles. The lowest BCUT2D eigenvalue weighted by atomic mass is 9.78. The molecule has 0 saturated carbocycles. The van der Waals surface area contributed by atoms with Gasteiger partial charge in [0.2, 0.25) is 0 Å². The van der Waals surface area contributed by atoms with Crippen molar-refractivity contribution in [2.45, 2.75) is 26.7 Å². The summed E-state index contributed by atoms with van der Waals surface area (Å²) in [6.45, 7) is 4.41. The van der Waals surface area contributed by atoms with E-state index in [2.05, 4.69) is 129 Å². The van der Waals surface area contributed by atoms with Gasteiger partial charge in [-0.05, 0) is 90.0 Å². The van der Waals surface area contributed by atoms with Gasteiger partial charge in [-0.25, -0.2) is 4.90 Å². The topological polar surface area (TPSA) is 46.6 Å². The predicted molar refractivity (Wildman–Crippen MR) is 221 cm³/mol. The zero-order chi connectivity index (χ0) is 35.7. The van der Waals surface area contributed by atoms with Gasteiger partial charge < -0.3 is 4.74 Å². The molecule has 8 rings (SSSR count). The summed E-state index contributed by atoms with van der Waals surface area (Å²) in [5.74, 6) is 0.426. The molecule has 5 heteroatoms. The Balaban J connectivity index is 0.00000435. The molecule has 0 saturated heterocycles. The number of rotatable bonds is 9. The Labute approximate surface area is 312 Å². The SMILES string of the molecule is C.CC(C)(c1ccccc1)c1ccc(Oc2ccc3c(c2)C(=O)N(c2cccc([P+](c4ccccc4)(c4ccccc4)c4ccccc4)c2)C3=O)cc1. The molecule has 1 aliphatic heterocycles. The van der Waals surface area contributed by atoms with Crippen LogP contribution in [-0.2, 0) is 5.41 Å². The van der Waals surface area contributed by atoms with E-state index in [0.717, 1.165) is 10.9 Å². The van der Waals surface area contributed by atoms with Crippen molar-refractivity contribution in [3.05, 3.63) is 210 Å². The maximum Gasteiger partial charge on any atom is 0.266 e. The molecule has 0 atom stereocenters. The predicted octanol–water partition coefficient (Wildman–Crippen LogP) is 9.86. The quantitative estimate of drug-likeness (QED) is 0.111. The van der Waals surface area contributed by atoms with Crippen molar-refractivity contribution in [1.82, 2.24) is 0 Å². The van der Waals surface area contributed by atoms with Gasteiger partial charge in [0.05, 0.1) is 16.8 Å². The van der Waals surface area contributed by atoms with Gasteiger partial charge in [-0.3, -0.25) is 9.59 Å². The van der Waals surface area contributed by atoms with E-state index in [1.807, 2.05) is 54.6 Å². The van der Waals surface area contributed by atoms with E-state index in [4.69, 9.17) is 4.74 Å². The largest absolute Gasteiger partial charge is 0.457 e. The molecule has 2 amide bonds. The molecule has 0 bridgehead atoms. The number of ether oxygens (including phenoxy) is 1. The molecule has 0 aromatic heterocycles. The summed E-state index contributed by atoms with van der Waals surface area (Å²) in [6, 6.07) is 63.1. The molecule has 1 aliphatic rings. The standard InChI is InChI=1S/C47H37NO3P.CH4/c1-47(2,34-16-7-3-8-17-34)35-26-28-37(29-27-35)51-38-30-31-43-44(33-38)46(50)48(45(43)49)36-18-15-25-42(32-36)52(39-19-9-4-10-20-39,40-21-11-5-12-22-40)41-23-13-6-14-24-41;/h3-33H,1-2H3;1H4/q+1;. The third kappa shape index (κ3) is 6.26. The maximum absolute atomic E-state index is 14.1. The van der Waals surface area contributed by atoms with Crippen molar-refractivity contribution in [3.63, 3.8) is 0 Å². The summed E-state index contributed by atoms with van der Waals surface area (Å²) in [5.41, 5.74) is 3.44. The third-order valence-corrected chi connectivity index (χ3v) is 14.3. The van der Waals surface area contributed by atoms with Crippen molar-refractivity contribution >= 4 is 46.0 Å². The second kappa shape index (κ2) is 14.5. The number of carbonyl (C=O) groups excluding carboxylic acids is 2. The summed E-state index contributed by atoms with van der Waals surface area (Å²) >= 11 is 0. The molecule has 0 unspecified atom stereocenters. The van der Waals surface area contributed by atoms with Crippen molar-refractivity contribution in [1.29, 1.82) is 0 Å². The first-order valence-corrected chi connectivity index (χ1v) is 19.2. The number of amides is 2. The summed E-state index contributed by atoms with van der Waals surface area (Å²) in [7, 11) is -2.43. The van der Waals surface area contributed by atoms with Crippen LogP contribution in [0.15, 0.2) is 188 Å². The van der Waals surface area contributed by atoms with Crippen LogP contribution in [0.2, 0.25) is 0 Å². The van der Waals surface area contributed by atoms with E-state index < -0.39 is 7.26 Å². The number of carbonyl (C=O) groups is 2. The fourth-order valence-electron chi connectivity index (χ4n) is 7.31. The molecule has 7 aromatic carbocycles. The van der Waals surface area contributed by atoms with Crippen molar-refractivity contribution < 1.29 is 14.3 Å². The average Bonchev–Trinajstić information content (AvgIpc) is 3.45. The van der Waals surface area contributed by atoms with Gasteiger partial charge in [-0.1, -0.05) is 124 Å². The van der Waals surface area contributed by atoms with Gasteiger partial charge in [-0.15, -0.1) is 0 Å². The highest BCUT2D eigenvalue weighted by Crippen LogP contribution is 2.54. The monoisotopic (exact) mass is 710 g/mol. The Morgan fingerprint density at radius 1 is 0.453 bits per heavy atom. The number of hydrogen-bond acceptors (Lipinski definition) is 3. The van der Waals surface area contributed by atoms with Crippen LogP contribution in [0.5, 0.6) is 11.5 Å². The normalized spacial score (nSPS) is 12.6. The van der Waals surface area contributed by atoms with Crippen LogP contribution in [0.4, 0.5) is 5.69 Å². The van der Waals surface area contributed by atoms with Crippen LogP contribution >= 0.6 is 7.26 Å². The molecule has 0 fully saturated rings. The molecule has 53 heavy (non-hydrogen) atoms. The molecular weight excluding hydrogens is 670 g/mol.